The maximum absolute atomic E-state index is 13.0. The highest BCUT2D eigenvalue weighted by atomic mass is 19.4. The summed E-state index contributed by atoms with van der Waals surface area (Å²) < 4.78 is 39.0. The maximum Gasteiger partial charge on any atom is 0.430 e. The van der Waals surface area contributed by atoms with Crippen molar-refractivity contribution in [1.29, 1.82) is 0 Å². The molecule has 0 bridgehead atoms. The Kier molecular flexibility index (Phi) is 7.34. The van der Waals surface area contributed by atoms with Crippen LogP contribution in [0.3, 0.4) is 0 Å². The average molecular weight is 501 g/mol. The van der Waals surface area contributed by atoms with Crippen LogP contribution in [0.2, 0.25) is 0 Å². The van der Waals surface area contributed by atoms with E-state index >= 15 is 0 Å². The minimum absolute atomic E-state index is 0.150. The molecule has 4 aromatic rings. The summed E-state index contributed by atoms with van der Waals surface area (Å²) >= 11 is 0. The lowest BCUT2D eigenvalue weighted by molar-refractivity contribution is -0.497. The monoisotopic (exact) mass is 501 g/mol. The van der Waals surface area contributed by atoms with Crippen molar-refractivity contribution >= 4 is 34.1 Å². The molecule has 3 aromatic heterocycles. The first-order chi connectivity index (χ1) is 17.3. The number of anilines is 1. The van der Waals surface area contributed by atoms with E-state index in [2.05, 4.69) is 20.2 Å². The fraction of sp³-hybridized carbons (Fsp3) is 0.250. The second-order valence-corrected chi connectivity index (χ2v) is 7.83. The van der Waals surface area contributed by atoms with Crippen LogP contribution in [0.5, 0.6) is 0 Å². The molecule has 1 fully saturated rings. The number of carboxylic acid groups (broad SMARTS) is 1. The summed E-state index contributed by atoms with van der Waals surface area (Å²) in [4.78, 5) is 31.8. The number of rotatable bonds is 4. The molecule has 12 heteroatoms. The normalized spacial score (nSPS) is 13.8. The number of ether oxygens (including phenoxy) is 1. The van der Waals surface area contributed by atoms with Crippen molar-refractivity contribution in [1.82, 2.24) is 15.3 Å². The number of nitrogens with zero attached hydrogens (tertiary/aromatic N) is 3. The predicted molar refractivity (Wildman–Crippen MR) is 121 cm³/mol. The van der Waals surface area contributed by atoms with E-state index in [-0.39, 0.29) is 5.91 Å². The fourth-order valence-corrected chi connectivity index (χ4v) is 3.82. The molecule has 0 radical (unpaired) electrons. The number of aliphatic carboxylic acids is 1. The number of pyridine rings is 2. The summed E-state index contributed by atoms with van der Waals surface area (Å²) in [5.41, 5.74) is 2.25. The van der Waals surface area contributed by atoms with Gasteiger partial charge in [0, 0.05) is 11.6 Å². The van der Waals surface area contributed by atoms with Gasteiger partial charge in [-0.25, -0.2) is 9.38 Å². The van der Waals surface area contributed by atoms with E-state index < -0.39 is 12.1 Å². The summed E-state index contributed by atoms with van der Waals surface area (Å²) in [6.07, 6.45) is -1.44. The number of carbonyl (C=O) groups is 2. The van der Waals surface area contributed by atoms with Crippen LogP contribution in [0.4, 0.5) is 19.1 Å². The number of aromatic amines is 1. The van der Waals surface area contributed by atoms with E-state index in [0.29, 0.717) is 25.5 Å². The van der Waals surface area contributed by atoms with Crippen molar-refractivity contribution in [2.24, 2.45) is 0 Å². The van der Waals surface area contributed by atoms with Crippen molar-refractivity contribution in [3.63, 3.8) is 0 Å². The van der Waals surface area contributed by atoms with Gasteiger partial charge in [0.05, 0.1) is 44.7 Å². The summed E-state index contributed by atoms with van der Waals surface area (Å²) in [6.45, 7) is 3.31. The Hall–Kier alpha value is -4.19. The molecule has 36 heavy (non-hydrogen) atoms. The van der Waals surface area contributed by atoms with E-state index in [1.54, 1.807) is 6.20 Å². The van der Waals surface area contributed by atoms with Gasteiger partial charge in [0.1, 0.15) is 5.97 Å². The second kappa shape index (κ2) is 10.6. The molecule has 1 aliphatic heterocycles. The van der Waals surface area contributed by atoms with Crippen LogP contribution < -0.4 is 19.7 Å². The Balaban J connectivity index is 0.000000384. The lowest BCUT2D eigenvalue weighted by atomic mass is 10.1. The summed E-state index contributed by atoms with van der Waals surface area (Å²) in [5, 5.41) is 14.0. The van der Waals surface area contributed by atoms with Crippen molar-refractivity contribution in [3.8, 4) is 0 Å². The van der Waals surface area contributed by atoms with Gasteiger partial charge in [-0.15, -0.1) is 0 Å². The molecule has 0 atom stereocenters. The zero-order valence-electron chi connectivity index (χ0n) is 18.9. The van der Waals surface area contributed by atoms with Crippen molar-refractivity contribution in [2.75, 3.05) is 31.2 Å². The van der Waals surface area contributed by atoms with Gasteiger partial charge in [0.25, 0.3) is 5.91 Å². The SMILES string of the molecule is O=C(NCc1nccc2ccccc12)c1[nH]c(N2CCOCC2)[n+]2ccccc12.O=C([O-])C(F)(F)F. The molecule has 1 amide bonds. The number of aromatic nitrogens is 3. The third-order valence-corrected chi connectivity index (χ3v) is 5.52. The van der Waals surface area contributed by atoms with Gasteiger partial charge in [-0.3, -0.25) is 14.7 Å². The number of H-pyrrole nitrogens is 1. The lowest BCUT2D eigenvalue weighted by Gasteiger charge is -2.21. The molecule has 9 nitrogen and oxygen atoms in total. The molecule has 1 saturated heterocycles. The fourth-order valence-electron chi connectivity index (χ4n) is 3.82. The number of fused-ring (bicyclic) bond motifs is 2. The maximum atomic E-state index is 13.0. The van der Waals surface area contributed by atoms with E-state index in [4.69, 9.17) is 14.6 Å². The minimum Gasteiger partial charge on any atom is -0.542 e. The van der Waals surface area contributed by atoms with Crippen LogP contribution in [-0.2, 0) is 16.1 Å². The van der Waals surface area contributed by atoms with Crippen LogP contribution >= 0.6 is 0 Å². The zero-order chi connectivity index (χ0) is 25.7. The minimum atomic E-state index is -5.19. The number of nitrogens with one attached hydrogen (secondary N) is 2. The van der Waals surface area contributed by atoms with E-state index in [1.165, 1.54) is 0 Å². The largest absolute Gasteiger partial charge is 0.542 e. The number of carbonyl (C=O) groups excluding carboxylic acids is 2. The van der Waals surface area contributed by atoms with E-state index in [1.807, 2.05) is 59.1 Å². The number of hydrogen-bond acceptors (Lipinski definition) is 6. The molecule has 2 N–H and O–H groups in total. The molecule has 0 saturated carbocycles. The van der Waals surface area contributed by atoms with Crippen LogP contribution in [0.15, 0.2) is 60.9 Å². The third-order valence-electron chi connectivity index (χ3n) is 5.52. The molecule has 188 valence electrons. The Bertz CT molecular complexity index is 1380. The predicted octanol–water partition coefficient (Wildman–Crippen LogP) is 1.37. The first-order valence-electron chi connectivity index (χ1n) is 11.0. The summed E-state index contributed by atoms with van der Waals surface area (Å²) in [6, 6.07) is 15.9. The number of halogens is 3. The molecule has 0 unspecified atom stereocenters. The number of hydrogen-bond donors (Lipinski definition) is 2. The van der Waals surface area contributed by atoms with Crippen LogP contribution in [0, 0.1) is 0 Å². The molecular formula is C24H22F3N5O4. The number of imidazole rings is 1. The highest BCUT2D eigenvalue weighted by Crippen LogP contribution is 2.18. The molecule has 4 heterocycles. The summed E-state index contributed by atoms with van der Waals surface area (Å²) in [7, 11) is 0. The van der Waals surface area contributed by atoms with Crippen molar-refractivity contribution in [2.45, 2.75) is 12.7 Å². The number of amides is 1. The van der Waals surface area contributed by atoms with Crippen molar-refractivity contribution in [3.05, 3.63) is 72.3 Å². The van der Waals surface area contributed by atoms with Gasteiger partial charge in [-0.05, 0) is 23.6 Å². The number of alkyl halides is 3. The quantitative estimate of drug-likeness (QED) is 0.409. The molecule has 1 aliphatic rings. The van der Waals surface area contributed by atoms with Gasteiger partial charge in [-0.2, -0.15) is 13.2 Å². The third kappa shape index (κ3) is 5.54. The van der Waals surface area contributed by atoms with Gasteiger partial charge in [0.2, 0.25) is 5.69 Å². The van der Waals surface area contributed by atoms with Gasteiger partial charge in [-0.1, -0.05) is 30.3 Å². The first-order valence-corrected chi connectivity index (χ1v) is 11.0. The highest BCUT2D eigenvalue weighted by molar-refractivity contribution is 5.98. The molecule has 5 rings (SSSR count). The Morgan fingerprint density at radius 2 is 1.81 bits per heavy atom. The molecule has 0 aliphatic carbocycles. The van der Waals surface area contributed by atoms with Gasteiger partial charge in [0.15, 0.2) is 5.52 Å². The van der Waals surface area contributed by atoms with E-state index in [0.717, 1.165) is 41.0 Å². The average Bonchev–Trinajstić information content (AvgIpc) is 3.27. The number of benzene rings is 1. The first kappa shape index (κ1) is 24.9. The zero-order valence-corrected chi connectivity index (χ0v) is 18.9. The number of carboxylic acids is 1. The second-order valence-electron chi connectivity index (χ2n) is 7.83. The Labute approximate surface area is 203 Å². The van der Waals surface area contributed by atoms with Crippen LogP contribution in [0.25, 0.3) is 16.3 Å². The molecule has 0 spiro atoms. The smallest absolute Gasteiger partial charge is 0.430 e. The molecular weight excluding hydrogens is 479 g/mol. The Morgan fingerprint density at radius 1 is 1.11 bits per heavy atom. The highest BCUT2D eigenvalue weighted by Gasteiger charge is 2.29. The summed E-state index contributed by atoms with van der Waals surface area (Å²) in [5.74, 6) is -2.26. The topological polar surface area (TPSA) is 114 Å². The van der Waals surface area contributed by atoms with Crippen LogP contribution in [-0.4, -0.2) is 54.3 Å². The van der Waals surface area contributed by atoms with E-state index in [9.17, 15) is 18.0 Å². The standard InChI is InChI=1S/C22H21N5O2.C2HF3O2/c28-21(24-15-18-17-6-2-1-5-16(17)8-9-23-18)20-19-7-3-4-10-27(19)22(25-20)26-11-13-29-14-12-26;3-2(4,5)1(6)7/h1-10H,11-15H2,(H,24,28);(H,6,7). The van der Waals surface area contributed by atoms with Gasteiger partial charge >= 0.3 is 12.1 Å². The Morgan fingerprint density at radius 3 is 2.53 bits per heavy atom. The number of morpholine rings is 1. The van der Waals surface area contributed by atoms with Crippen LogP contribution in [0.1, 0.15) is 16.2 Å². The van der Waals surface area contributed by atoms with Gasteiger partial charge < -0.3 is 20.0 Å². The molecule has 1 aromatic carbocycles. The van der Waals surface area contributed by atoms with Crippen molar-refractivity contribution < 1.29 is 37.0 Å². The lowest BCUT2D eigenvalue weighted by Crippen LogP contribution is -2.41.